The Hall–Kier alpha value is -2.07. The number of rotatable bonds is 2. The second kappa shape index (κ2) is 4.20. The minimum atomic E-state index is -0.581. The summed E-state index contributed by atoms with van der Waals surface area (Å²) >= 11 is 0. The van der Waals surface area contributed by atoms with Gasteiger partial charge >= 0.3 is 0 Å². The summed E-state index contributed by atoms with van der Waals surface area (Å²) in [5.74, 6) is -0.146. The molecule has 0 atom stereocenters. The molecule has 0 bridgehead atoms. The highest BCUT2D eigenvalue weighted by molar-refractivity contribution is 6.01. The van der Waals surface area contributed by atoms with Crippen molar-refractivity contribution < 1.29 is 14.7 Å². The molecule has 4 nitrogen and oxygen atoms in total. The molecular weight excluding hydrogens is 206 g/mol. The molecule has 0 aliphatic heterocycles. The lowest BCUT2D eigenvalue weighted by molar-refractivity contribution is 0.0703. The Morgan fingerprint density at radius 2 is 1.88 bits per heavy atom. The minimum absolute atomic E-state index is 0.309. The van der Waals surface area contributed by atoms with Crippen molar-refractivity contribution in [3.8, 4) is 5.75 Å². The number of carbonyl (C=O) groups is 1. The maximum absolute atomic E-state index is 11.4. The first-order valence-corrected chi connectivity index (χ1v) is 4.77. The molecule has 0 aromatic heterocycles. The maximum atomic E-state index is 11.4. The Kier molecular flexibility index (Phi) is 2.74. The third-order valence-electron chi connectivity index (χ3n) is 2.41. The Morgan fingerprint density at radius 1 is 1.25 bits per heavy atom. The molecule has 82 valence electrons. The van der Waals surface area contributed by atoms with Crippen molar-refractivity contribution in [2.24, 2.45) is 0 Å². The number of hydrogen-bond donors (Lipinski definition) is 2. The monoisotopic (exact) mass is 217 g/mol. The van der Waals surface area contributed by atoms with Crippen LogP contribution in [-0.4, -0.2) is 18.2 Å². The van der Waals surface area contributed by atoms with Gasteiger partial charge in [-0.3, -0.25) is 10.0 Å². The fourth-order valence-electron chi connectivity index (χ4n) is 1.63. The summed E-state index contributed by atoms with van der Waals surface area (Å²) in [4.78, 5) is 11.4. The van der Waals surface area contributed by atoms with Gasteiger partial charge in [0.2, 0.25) is 0 Å². The average molecular weight is 217 g/mol. The van der Waals surface area contributed by atoms with E-state index in [1.54, 1.807) is 17.6 Å². The van der Waals surface area contributed by atoms with Gasteiger partial charge in [-0.15, -0.1) is 0 Å². The van der Waals surface area contributed by atoms with E-state index in [9.17, 15) is 4.79 Å². The van der Waals surface area contributed by atoms with Crippen LogP contribution in [0, 0.1) is 0 Å². The van der Waals surface area contributed by atoms with E-state index in [1.165, 1.54) is 7.11 Å². The van der Waals surface area contributed by atoms with Crippen molar-refractivity contribution in [2.45, 2.75) is 0 Å². The zero-order valence-corrected chi connectivity index (χ0v) is 8.73. The van der Waals surface area contributed by atoms with Gasteiger partial charge in [-0.1, -0.05) is 24.3 Å². The SMILES string of the molecule is COc1cc2ccccc2cc1C(=O)NO. The summed E-state index contributed by atoms with van der Waals surface area (Å²) in [5.41, 5.74) is 1.91. The van der Waals surface area contributed by atoms with Gasteiger partial charge in [-0.25, -0.2) is 5.48 Å². The molecule has 0 saturated heterocycles. The summed E-state index contributed by atoms with van der Waals surface area (Å²) in [6.07, 6.45) is 0. The molecule has 0 fully saturated rings. The number of benzene rings is 2. The first kappa shape index (κ1) is 10.4. The Morgan fingerprint density at radius 3 is 2.44 bits per heavy atom. The van der Waals surface area contributed by atoms with Gasteiger partial charge in [-0.05, 0) is 22.9 Å². The van der Waals surface area contributed by atoms with E-state index in [0.29, 0.717) is 11.3 Å². The molecule has 0 radical (unpaired) electrons. The average Bonchev–Trinajstić information content (AvgIpc) is 2.36. The topological polar surface area (TPSA) is 58.6 Å². The molecule has 2 N–H and O–H groups in total. The fourth-order valence-corrected chi connectivity index (χ4v) is 1.63. The van der Waals surface area contributed by atoms with Crippen molar-refractivity contribution in [3.63, 3.8) is 0 Å². The number of carbonyl (C=O) groups excluding carboxylic acids is 1. The number of fused-ring (bicyclic) bond motifs is 1. The Labute approximate surface area is 92.4 Å². The van der Waals surface area contributed by atoms with Crippen LogP contribution >= 0.6 is 0 Å². The summed E-state index contributed by atoms with van der Waals surface area (Å²) < 4.78 is 5.10. The highest BCUT2D eigenvalue weighted by atomic mass is 16.5. The predicted octanol–water partition coefficient (Wildman–Crippen LogP) is 1.97. The number of hydroxylamine groups is 1. The van der Waals surface area contributed by atoms with Crippen LogP contribution < -0.4 is 10.2 Å². The summed E-state index contributed by atoms with van der Waals surface area (Å²) in [7, 11) is 1.48. The highest BCUT2D eigenvalue weighted by Crippen LogP contribution is 2.25. The van der Waals surface area contributed by atoms with Crippen LogP contribution in [0.1, 0.15) is 10.4 Å². The summed E-state index contributed by atoms with van der Waals surface area (Å²) in [6, 6.07) is 11.1. The molecule has 0 spiro atoms. The lowest BCUT2D eigenvalue weighted by Gasteiger charge is -2.08. The van der Waals surface area contributed by atoms with E-state index in [0.717, 1.165) is 10.8 Å². The zero-order valence-electron chi connectivity index (χ0n) is 8.73. The molecule has 0 aliphatic carbocycles. The van der Waals surface area contributed by atoms with Crippen LogP contribution in [0.25, 0.3) is 10.8 Å². The number of hydrogen-bond acceptors (Lipinski definition) is 3. The second-order valence-corrected chi connectivity index (χ2v) is 3.34. The van der Waals surface area contributed by atoms with Crippen molar-refractivity contribution >= 4 is 16.7 Å². The Balaban J connectivity index is 2.67. The summed E-state index contributed by atoms with van der Waals surface area (Å²) in [6.45, 7) is 0. The number of methoxy groups -OCH3 is 1. The van der Waals surface area contributed by atoms with Crippen LogP contribution in [0.2, 0.25) is 0 Å². The van der Waals surface area contributed by atoms with E-state index in [1.807, 2.05) is 24.3 Å². The van der Waals surface area contributed by atoms with E-state index >= 15 is 0 Å². The lowest BCUT2D eigenvalue weighted by atomic mass is 10.1. The van der Waals surface area contributed by atoms with Gasteiger partial charge in [0.1, 0.15) is 5.75 Å². The van der Waals surface area contributed by atoms with Crippen LogP contribution in [0.15, 0.2) is 36.4 Å². The van der Waals surface area contributed by atoms with Crippen molar-refractivity contribution in [3.05, 3.63) is 42.0 Å². The van der Waals surface area contributed by atoms with E-state index in [4.69, 9.17) is 9.94 Å². The Bertz CT molecular complexity index is 537. The van der Waals surface area contributed by atoms with Crippen molar-refractivity contribution in [2.75, 3.05) is 7.11 Å². The van der Waals surface area contributed by atoms with Gasteiger partial charge in [0.15, 0.2) is 0 Å². The first-order chi connectivity index (χ1) is 7.76. The van der Waals surface area contributed by atoms with Crippen LogP contribution in [0.3, 0.4) is 0 Å². The summed E-state index contributed by atoms with van der Waals surface area (Å²) in [5, 5.41) is 10.5. The molecule has 1 amide bonds. The first-order valence-electron chi connectivity index (χ1n) is 4.77. The largest absolute Gasteiger partial charge is 0.496 e. The van der Waals surface area contributed by atoms with E-state index in [-0.39, 0.29) is 0 Å². The minimum Gasteiger partial charge on any atom is -0.496 e. The van der Waals surface area contributed by atoms with Crippen LogP contribution in [0.5, 0.6) is 5.75 Å². The molecule has 4 heteroatoms. The van der Waals surface area contributed by atoms with Gasteiger partial charge in [0.05, 0.1) is 12.7 Å². The molecule has 0 saturated carbocycles. The number of nitrogens with one attached hydrogen (secondary N) is 1. The third-order valence-corrected chi connectivity index (χ3v) is 2.41. The maximum Gasteiger partial charge on any atom is 0.278 e. The third kappa shape index (κ3) is 1.70. The standard InChI is InChI=1S/C12H11NO3/c1-16-11-7-9-5-3-2-4-8(9)6-10(11)12(14)13-15/h2-7,15H,1H3,(H,13,14). The molecule has 0 heterocycles. The normalized spacial score (nSPS) is 10.1. The predicted molar refractivity (Wildman–Crippen MR) is 59.8 cm³/mol. The number of ether oxygens (including phenoxy) is 1. The number of amides is 1. The molecule has 2 aromatic rings. The molecule has 0 aliphatic rings. The fraction of sp³-hybridized carbons (Fsp3) is 0.0833. The molecule has 2 rings (SSSR count). The molecule has 0 unspecified atom stereocenters. The second-order valence-electron chi connectivity index (χ2n) is 3.34. The van der Waals surface area contributed by atoms with Gasteiger partial charge < -0.3 is 4.74 Å². The quantitative estimate of drug-likeness (QED) is 0.597. The zero-order chi connectivity index (χ0) is 11.5. The molecule has 2 aromatic carbocycles. The molecular formula is C12H11NO3. The van der Waals surface area contributed by atoms with Gasteiger partial charge in [0, 0.05) is 0 Å². The smallest absolute Gasteiger partial charge is 0.278 e. The van der Waals surface area contributed by atoms with Crippen molar-refractivity contribution in [1.29, 1.82) is 0 Å². The lowest BCUT2D eigenvalue weighted by Crippen LogP contribution is -2.19. The van der Waals surface area contributed by atoms with Crippen LogP contribution in [0.4, 0.5) is 0 Å². The van der Waals surface area contributed by atoms with Crippen LogP contribution in [-0.2, 0) is 0 Å². The van der Waals surface area contributed by atoms with Crippen molar-refractivity contribution in [1.82, 2.24) is 5.48 Å². The van der Waals surface area contributed by atoms with Gasteiger partial charge in [-0.2, -0.15) is 0 Å². The highest BCUT2D eigenvalue weighted by Gasteiger charge is 2.12. The molecule has 16 heavy (non-hydrogen) atoms. The van der Waals surface area contributed by atoms with E-state index in [2.05, 4.69) is 0 Å². The van der Waals surface area contributed by atoms with E-state index < -0.39 is 5.91 Å². The van der Waals surface area contributed by atoms with Gasteiger partial charge in [0.25, 0.3) is 5.91 Å².